The topological polar surface area (TPSA) is 54.4 Å². The molecular formula is C16H22O3S. The van der Waals surface area contributed by atoms with Gasteiger partial charge < -0.3 is 5.11 Å². The van der Waals surface area contributed by atoms with E-state index < -0.39 is 20.7 Å². The van der Waals surface area contributed by atoms with E-state index >= 15 is 0 Å². The molecule has 0 aromatic heterocycles. The molecule has 4 heteroatoms. The molecule has 0 unspecified atom stereocenters. The lowest BCUT2D eigenvalue weighted by Crippen LogP contribution is -2.29. The van der Waals surface area contributed by atoms with Gasteiger partial charge in [0.05, 0.1) is 15.7 Å². The zero-order valence-electron chi connectivity index (χ0n) is 11.8. The van der Waals surface area contributed by atoms with E-state index in [4.69, 9.17) is 0 Å². The predicted octanol–water partition coefficient (Wildman–Crippen LogP) is 2.96. The van der Waals surface area contributed by atoms with E-state index in [1.165, 1.54) is 0 Å². The van der Waals surface area contributed by atoms with E-state index in [2.05, 4.69) is 6.58 Å². The first kappa shape index (κ1) is 15.3. The maximum absolute atomic E-state index is 12.9. The summed E-state index contributed by atoms with van der Waals surface area (Å²) >= 11 is 0. The highest BCUT2D eigenvalue weighted by Crippen LogP contribution is 2.57. The monoisotopic (exact) mass is 294 g/mol. The van der Waals surface area contributed by atoms with Crippen LogP contribution in [0.5, 0.6) is 0 Å². The molecule has 1 saturated carbocycles. The maximum Gasteiger partial charge on any atom is 0.184 e. The molecule has 0 amide bonds. The molecule has 1 aliphatic rings. The van der Waals surface area contributed by atoms with Gasteiger partial charge in [-0.1, -0.05) is 37.6 Å². The van der Waals surface area contributed by atoms with Crippen LogP contribution in [0.4, 0.5) is 0 Å². The number of aliphatic hydroxyl groups is 1. The fraction of sp³-hybridized carbons (Fsp3) is 0.500. The van der Waals surface area contributed by atoms with Gasteiger partial charge in [0, 0.05) is 5.92 Å². The van der Waals surface area contributed by atoms with E-state index in [0.29, 0.717) is 24.2 Å². The summed E-state index contributed by atoms with van der Waals surface area (Å²) in [5, 5.41) is 10.2. The summed E-state index contributed by atoms with van der Waals surface area (Å²) in [5.74, 6) is -0.175. The van der Waals surface area contributed by atoms with Crippen molar-refractivity contribution in [3.63, 3.8) is 0 Å². The molecule has 0 spiro atoms. The van der Waals surface area contributed by atoms with E-state index in [1.54, 1.807) is 36.4 Å². The largest absolute Gasteiger partial charge is 0.393 e. The van der Waals surface area contributed by atoms with Gasteiger partial charge in [0.15, 0.2) is 9.84 Å². The number of allylic oxidation sites excluding steroid dienone is 1. The first-order valence-corrected chi connectivity index (χ1v) is 8.56. The van der Waals surface area contributed by atoms with Crippen LogP contribution in [0.15, 0.2) is 47.9 Å². The number of hydrogen-bond donors (Lipinski definition) is 1. The Hall–Kier alpha value is -1.13. The summed E-state index contributed by atoms with van der Waals surface area (Å²) < 4.78 is 24.9. The van der Waals surface area contributed by atoms with E-state index in [0.717, 1.165) is 6.42 Å². The summed E-state index contributed by atoms with van der Waals surface area (Å²) in [4.78, 5) is 0.341. The van der Waals surface area contributed by atoms with Crippen molar-refractivity contribution in [2.75, 3.05) is 0 Å². The average molecular weight is 294 g/mol. The highest BCUT2D eigenvalue weighted by molar-refractivity contribution is 7.93. The summed E-state index contributed by atoms with van der Waals surface area (Å²) in [6.45, 7) is 5.68. The Balaban J connectivity index is 2.34. The minimum absolute atomic E-state index is 0.175. The molecule has 3 nitrogen and oxygen atoms in total. The lowest BCUT2D eigenvalue weighted by molar-refractivity contribution is 0.136. The molecule has 0 heterocycles. The van der Waals surface area contributed by atoms with Crippen LogP contribution in [0.1, 0.15) is 32.6 Å². The minimum Gasteiger partial charge on any atom is -0.393 e. The van der Waals surface area contributed by atoms with Crippen molar-refractivity contribution >= 4 is 9.84 Å². The SMILES string of the molecule is C=CC[C@]1(S(=O)(=O)c2ccccc2)C[C@@H]1[C@@H](O)CCC. The third kappa shape index (κ3) is 2.42. The van der Waals surface area contributed by atoms with Gasteiger partial charge in [-0.15, -0.1) is 6.58 Å². The van der Waals surface area contributed by atoms with Gasteiger partial charge in [0.2, 0.25) is 0 Å². The number of hydrogen-bond acceptors (Lipinski definition) is 3. The average Bonchev–Trinajstić information content (AvgIpc) is 3.17. The molecule has 0 saturated heterocycles. The molecule has 1 aromatic rings. The summed E-state index contributed by atoms with van der Waals surface area (Å²) in [6, 6.07) is 8.52. The lowest BCUT2D eigenvalue weighted by atomic mass is 10.1. The fourth-order valence-electron chi connectivity index (χ4n) is 3.03. The minimum atomic E-state index is -3.43. The number of aliphatic hydroxyl groups excluding tert-OH is 1. The Morgan fingerprint density at radius 3 is 2.65 bits per heavy atom. The molecule has 1 aliphatic carbocycles. The summed E-state index contributed by atoms with van der Waals surface area (Å²) in [6.07, 6.45) is 3.53. The van der Waals surface area contributed by atoms with Crippen LogP contribution in [0.3, 0.4) is 0 Å². The second kappa shape index (κ2) is 5.70. The van der Waals surface area contributed by atoms with Crippen LogP contribution in [-0.2, 0) is 9.84 Å². The first-order valence-electron chi connectivity index (χ1n) is 7.08. The van der Waals surface area contributed by atoms with E-state index in [1.807, 2.05) is 6.92 Å². The number of rotatable bonds is 7. The van der Waals surface area contributed by atoms with Gasteiger partial charge in [-0.25, -0.2) is 8.42 Å². The van der Waals surface area contributed by atoms with Crippen LogP contribution in [0.25, 0.3) is 0 Å². The fourth-order valence-corrected chi connectivity index (χ4v) is 5.31. The zero-order valence-corrected chi connectivity index (χ0v) is 12.6. The Morgan fingerprint density at radius 2 is 2.10 bits per heavy atom. The van der Waals surface area contributed by atoms with Crippen molar-refractivity contribution in [3.8, 4) is 0 Å². The van der Waals surface area contributed by atoms with Crippen molar-refractivity contribution in [3.05, 3.63) is 43.0 Å². The summed E-state index contributed by atoms with van der Waals surface area (Å²) in [7, 11) is -3.43. The molecule has 3 atom stereocenters. The van der Waals surface area contributed by atoms with Gasteiger partial charge in [-0.3, -0.25) is 0 Å². The first-order chi connectivity index (χ1) is 9.49. The molecular weight excluding hydrogens is 272 g/mol. The van der Waals surface area contributed by atoms with Crippen LogP contribution in [0, 0.1) is 5.92 Å². The van der Waals surface area contributed by atoms with E-state index in [9.17, 15) is 13.5 Å². The molecule has 20 heavy (non-hydrogen) atoms. The van der Waals surface area contributed by atoms with Crippen LogP contribution in [0.2, 0.25) is 0 Å². The second-order valence-electron chi connectivity index (χ2n) is 5.54. The molecule has 1 aromatic carbocycles. The van der Waals surface area contributed by atoms with Crippen molar-refractivity contribution < 1.29 is 13.5 Å². The van der Waals surface area contributed by atoms with Crippen molar-refractivity contribution in [1.82, 2.24) is 0 Å². The van der Waals surface area contributed by atoms with Crippen LogP contribution in [-0.4, -0.2) is 24.4 Å². The highest BCUT2D eigenvalue weighted by Gasteiger charge is 2.64. The number of benzene rings is 1. The Labute approximate surface area is 121 Å². The zero-order chi connectivity index (χ0) is 14.8. The van der Waals surface area contributed by atoms with Crippen molar-refractivity contribution in [2.45, 2.75) is 48.4 Å². The van der Waals surface area contributed by atoms with Crippen LogP contribution >= 0.6 is 0 Å². The van der Waals surface area contributed by atoms with Crippen molar-refractivity contribution in [2.24, 2.45) is 5.92 Å². The van der Waals surface area contributed by atoms with Gasteiger partial charge in [-0.05, 0) is 31.4 Å². The Kier molecular flexibility index (Phi) is 4.35. The predicted molar refractivity (Wildman–Crippen MR) is 80.2 cm³/mol. The third-order valence-electron chi connectivity index (χ3n) is 4.21. The molecule has 0 aliphatic heterocycles. The maximum atomic E-state index is 12.9. The Bertz CT molecular complexity index is 565. The molecule has 0 bridgehead atoms. The molecule has 2 rings (SSSR count). The van der Waals surface area contributed by atoms with Crippen molar-refractivity contribution in [1.29, 1.82) is 0 Å². The third-order valence-corrected chi connectivity index (χ3v) is 6.81. The second-order valence-corrected chi connectivity index (χ2v) is 7.83. The van der Waals surface area contributed by atoms with E-state index in [-0.39, 0.29) is 5.92 Å². The normalized spacial score (nSPS) is 27.0. The van der Waals surface area contributed by atoms with Gasteiger partial charge >= 0.3 is 0 Å². The molecule has 1 fully saturated rings. The number of sulfone groups is 1. The van der Waals surface area contributed by atoms with Crippen LogP contribution < -0.4 is 0 Å². The smallest absolute Gasteiger partial charge is 0.184 e. The standard InChI is InChI=1S/C16H22O3S/c1-3-8-15(17)14-12-16(14,11-4-2)20(18,19)13-9-6-5-7-10-13/h4-7,9-10,14-15,17H,2-3,8,11-12H2,1H3/t14-,15+,16+/m1/s1. The lowest BCUT2D eigenvalue weighted by Gasteiger charge is -2.19. The van der Waals surface area contributed by atoms with Gasteiger partial charge in [-0.2, -0.15) is 0 Å². The molecule has 110 valence electrons. The molecule has 0 radical (unpaired) electrons. The summed E-state index contributed by atoms with van der Waals surface area (Å²) in [5.41, 5.74) is 0. The molecule has 1 N–H and O–H groups in total. The highest BCUT2D eigenvalue weighted by atomic mass is 32.2. The van der Waals surface area contributed by atoms with Gasteiger partial charge in [0.1, 0.15) is 0 Å². The Morgan fingerprint density at radius 1 is 1.45 bits per heavy atom. The quantitative estimate of drug-likeness (QED) is 0.787. The van der Waals surface area contributed by atoms with Gasteiger partial charge in [0.25, 0.3) is 0 Å².